The molecule has 0 radical (unpaired) electrons. The van der Waals surface area contributed by atoms with E-state index < -0.39 is 0 Å². The second-order valence-corrected chi connectivity index (χ2v) is 8.78. The number of ether oxygens (including phenoxy) is 1. The van der Waals surface area contributed by atoms with E-state index in [9.17, 15) is 9.59 Å². The number of hydrogen-bond acceptors (Lipinski definition) is 4. The largest absolute Gasteiger partial charge is 0.492 e. The molecule has 2 aromatic rings. The van der Waals surface area contributed by atoms with Gasteiger partial charge in [-0.2, -0.15) is 0 Å². The number of likely N-dealkylation sites (tertiary alicyclic amines) is 1. The lowest BCUT2D eigenvalue weighted by atomic mass is 9.90. The van der Waals surface area contributed by atoms with Gasteiger partial charge in [-0.25, -0.2) is 0 Å². The molecule has 0 unspecified atom stereocenters. The molecule has 0 aromatic heterocycles. The fraction of sp³-hybridized carbons (Fsp3) is 0.462. The van der Waals surface area contributed by atoms with Crippen molar-refractivity contribution < 1.29 is 14.3 Å². The first-order valence-electron chi connectivity index (χ1n) is 11.4. The van der Waals surface area contributed by atoms with Gasteiger partial charge in [0.25, 0.3) is 0 Å². The minimum Gasteiger partial charge on any atom is -0.492 e. The van der Waals surface area contributed by atoms with Gasteiger partial charge in [0, 0.05) is 57.2 Å². The van der Waals surface area contributed by atoms with Crippen LogP contribution in [0.3, 0.4) is 0 Å². The van der Waals surface area contributed by atoms with E-state index in [1.165, 1.54) is 5.56 Å². The summed E-state index contributed by atoms with van der Waals surface area (Å²) in [6.45, 7) is 6.46. The van der Waals surface area contributed by atoms with Crippen molar-refractivity contribution in [3.63, 3.8) is 0 Å². The van der Waals surface area contributed by atoms with E-state index in [1.54, 1.807) is 6.92 Å². The number of benzene rings is 2. The quantitative estimate of drug-likeness (QED) is 0.654. The van der Waals surface area contributed by atoms with Crippen molar-refractivity contribution >= 4 is 11.7 Å². The minimum atomic E-state index is 0.156. The lowest BCUT2D eigenvalue weighted by Crippen LogP contribution is -2.37. The van der Waals surface area contributed by atoms with Crippen LogP contribution in [-0.4, -0.2) is 47.7 Å². The van der Waals surface area contributed by atoms with E-state index in [0.29, 0.717) is 18.9 Å². The van der Waals surface area contributed by atoms with Crippen LogP contribution in [0, 0.1) is 5.92 Å². The van der Waals surface area contributed by atoms with E-state index in [0.717, 1.165) is 68.9 Å². The van der Waals surface area contributed by atoms with Gasteiger partial charge >= 0.3 is 0 Å². The summed E-state index contributed by atoms with van der Waals surface area (Å²) in [4.78, 5) is 28.6. The molecule has 0 spiro atoms. The molecule has 2 aromatic carbocycles. The van der Waals surface area contributed by atoms with E-state index in [4.69, 9.17) is 4.74 Å². The van der Waals surface area contributed by atoms with Crippen molar-refractivity contribution in [2.75, 3.05) is 26.2 Å². The van der Waals surface area contributed by atoms with E-state index >= 15 is 0 Å². The molecule has 31 heavy (non-hydrogen) atoms. The summed E-state index contributed by atoms with van der Waals surface area (Å²) in [6.07, 6.45) is 3.47. The molecule has 0 saturated carbocycles. The fourth-order valence-electron chi connectivity index (χ4n) is 4.61. The SMILES string of the molecule is CC(=O)N1CCC(CCC(=O)c2ccc3c(c2)CN(Cc2ccccc2)CCO3)CC1. The first-order chi connectivity index (χ1) is 15.1. The molecule has 2 aliphatic rings. The number of ketones is 1. The monoisotopic (exact) mass is 420 g/mol. The average molecular weight is 421 g/mol. The first-order valence-corrected chi connectivity index (χ1v) is 11.4. The van der Waals surface area contributed by atoms with E-state index in [2.05, 4.69) is 29.2 Å². The molecule has 1 fully saturated rings. The molecule has 2 aliphatic heterocycles. The number of amides is 1. The molecule has 0 N–H and O–H groups in total. The highest BCUT2D eigenvalue weighted by atomic mass is 16.5. The molecule has 1 saturated heterocycles. The third-order valence-electron chi connectivity index (χ3n) is 6.53. The third-order valence-corrected chi connectivity index (χ3v) is 6.53. The van der Waals surface area contributed by atoms with Gasteiger partial charge < -0.3 is 9.64 Å². The van der Waals surface area contributed by atoms with E-state index in [1.807, 2.05) is 29.2 Å². The van der Waals surface area contributed by atoms with Gasteiger partial charge in [0.1, 0.15) is 12.4 Å². The summed E-state index contributed by atoms with van der Waals surface area (Å²) < 4.78 is 5.95. The van der Waals surface area contributed by atoms with Crippen LogP contribution in [0.5, 0.6) is 5.75 Å². The Kier molecular flexibility index (Phi) is 7.03. The molecule has 0 bridgehead atoms. The highest BCUT2D eigenvalue weighted by molar-refractivity contribution is 5.96. The maximum absolute atomic E-state index is 12.9. The molecule has 0 aliphatic carbocycles. The summed E-state index contributed by atoms with van der Waals surface area (Å²) in [5.41, 5.74) is 3.16. The normalized spacial score (nSPS) is 17.5. The standard InChI is InChI=1S/C26H32N2O3/c1-20(29)28-13-11-21(12-14-28)7-9-25(30)23-8-10-26-24(17-23)19-27(15-16-31-26)18-22-5-3-2-4-6-22/h2-6,8,10,17,21H,7,9,11-16,18-19H2,1H3. The second kappa shape index (κ2) is 10.1. The molecule has 1 amide bonds. The average Bonchev–Trinajstić information content (AvgIpc) is 2.99. The van der Waals surface area contributed by atoms with Crippen LogP contribution >= 0.6 is 0 Å². The van der Waals surface area contributed by atoms with Crippen LogP contribution in [-0.2, 0) is 17.9 Å². The lowest BCUT2D eigenvalue weighted by Gasteiger charge is -2.31. The summed E-state index contributed by atoms with van der Waals surface area (Å²) in [7, 11) is 0. The summed E-state index contributed by atoms with van der Waals surface area (Å²) in [5, 5.41) is 0. The zero-order chi connectivity index (χ0) is 21.6. The van der Waals surface area contributed by atoms with Crippen molar-refractivity contribution in [3.05, 3.63) is 65.2 Å². The molecule has 0 atom stereocenters. The van der Waals surface area contributed by atoms with Crippen LogP contribution < -0.4 is 4.74 Å². The van der Waals surface area contributed by atoms with Crippen LogP contribution in [0.2, 0.25) is 0 Å². The predicted octanol–water partition coefficient (Wildman–Crippen LogP) is 4.30. The van der Waals surface area contributed by atoms with Crippen molar-refractivity contribution in [1.29, 1.82) is 0 Å². The van der Waals surface area contributed by atoms with Crippen molar-refractivity contribution in [1.82, 2.24) is 9.80 Å². The Labute approximate surface area is 185 Å². The number of fused-ring (bicyclic) bond motifs is 1. The van der Waals surface area contributed by atoms with Crippen molar-refractivity contribution in [2.45, 2.75) is 45.7 Å². The smallest absolute Gasteiger partial charge is 0.219 e. The van der Waals surface area contributed by atoms with E-state index in [-0.39, 0.29) is 11.7 Å². The third kappa shape index (κ3) is 5.73. The van der Waals surface area contributed by atoms with Crippen LogP contribution in [0.4, 0.5) is 0 Å². The van der Waals surface area contributed by atoms with Crippen LogP contribution in [0.15, 0.2) is 48.5 Å². The number of piperidine rings is 1. The number of rotatable bonds is 6. The van der Waals surface area contributed by atoms with Gasteiger partial charge in [0.2, 0.25) is 5.91 Å². The molecular weight excluding hydrogens is 388 g/mol. The molecule has 5 nitrogen and oxygen atoms in total. The summed E-state index contributed by atoms with van der Waals surface area (Å²) in [5.74, 6) is 1.78. The maximum atomic E-state index is 12.9. The second-order valence-electron chi connectivity index (χ2n) is 8.78. The van der Waals surface area contributed by atoms with Crippen LogP contribution in [0.1, 0.15) is 54.1 Å². The Morgan fingerprint density at radius 1 is 1.03 bits per heavy atom. The van der Waals surface area contributed by atoms with Crippen LogP contribution in [0.25, 0.3) is 0 Å². The summed E-state index contributed by atoms with van der Waals surface area (Å²) in [6, 6.07) is 16.4. The van der Waals surface area contributed by atoms with Gasteiger partial charge in [0.15, 0.2) is 5.78 Å². The Bertz CT molecular complexity index is 904. The Morgan fingerprint density at radius 2 is 1.81 bits per heavy atom. The van der Waals surface area contributed by atoms with Gasteiger partial charge in [-0.1, -0.05) is 30.3 Å². The molecule has 5 heteroatoms. The highest BCUT2D eigenvalue weighted by Gasteiger charge is 2.22. The minimum absolute atomic E-state index is 0.156. The van der Waals surface area contributed by atoms with Crippen molar-refractivity contribution in [2.24, 2.45) is 5.92 Å². The number of nitrogens with zero attached hydrogens (tertiary/aromatic N) is 2. The number of Topliss-reactive ketones (excluding diaryl/α,β-unsaturated/α-hetero) is 1. The zero-order valence-corrected chi connectivity index (χ0v) is 18.4. The Hall–Kier alpha value is -2.66. The maximum Gasteiger partial charge on any atom is 0.219 e. The summed E-state index contributed by atoms with van der Waals surface area (Å²) >= 11 is 0. The molecular formula is C26H32N2O3. The highest BCUT2D eigenvalue weighted by Crippen LogP contribution is 2.27. The van der Waals surface area contributed by atoms with Gasteiger partial charge in [0.05, 0.1) is 0 Å². The van der Waals surface area contributed by atoms with Crippen molar-refractivity contribution in [3.8, 4) is 5.75 Å². The lowest BCUT2D eigenvalue weighted by molar-refractivity contribution is -0.130. The molecule has 4 rings (SSSR count). The number of carbonyl (C=O) groups excluding carboxylic acids is 2. The zero-order valence-electron chi connectivity index (χ0n) is 18.4. The molecule has 164 valence electrons. The number of hydrogen-bond donors (Lipinski definition) is 0. The fourth-order valence-corrected chi connectivity index (χ4v) is 4.61. The first kappa shape index (κ1) is 21.6. The van der Waals surface area contributed by atoms with Gasteiger partial charge in [-0.05, 0) is 48.9 Å². The Balaban J connectivity index is 1.35. The predicted molar refractivity (Wildman–Crippen MR) is 121 cm³/mol. The van der Waals surface area contributed by atoms with Gasteiger partial charge in [-0.3, -0.25) is 14.5 Å². The molecule has 2 heterocycles. The van der Waals surface area contributed by atoms with Gasteiger partial charge in [-0.15, -0.1) is 0 Å². The topological polar surface area (TPSA) is 49.9 Å². The number of carbonyl (C=O) groups is 2. The Morgan fingerprint density at radius 3 is 2.55 bits per heavy atom.